The lowest BCUT2D eigenvalue weighted by atomic mass is 10.2. The van der Waals surface area contributed by atoms with Crippen LogP contribution in [0.4, 0.5) is 0 Å². The van der Waals surface area contributed by atoms with Gasteiger partial charge in [-0.05, 0) is 30.7 Å². The molecule has 2 aromatic rings. The number of nitrogens with zero attached hydrogens (tertiary/aromatic N) is 1. The fourth-order valence-corrected chi connectivity index (χ4v) is 2.74. The van der Waals surface area contributed by atoms with E-state index >= 15 is 0 Å². The quantitative estimate of drug-likeness (QED) is 0.867. The van der Waals surface area contributed by atoms with Gasteiger partial charge in [-0.3, -0.25) is 4.79 Å². The molecular formula is C15H16N2OS. The maximum Gasteiger partial charge on any atom is 0.251 e. The largest absolute Gasteiger partial charge is 0.307 e. The molecule has 19 heavy (non-hydrogen) atoms. The van der Waals surface area contributed by atoms with Crippen molar-refractivity contribution in [1.82, 2.24) is 9.97 Å². The zero-order valence-electron chi connectivity index (χ0n) is 10.8. The SMILES string of the molecule is CCSc1ccc(-c2nc(C3CC3)cc(=O)[nH]2)cc1. The number of nitrogens with one attached hydrogen (secondary N) is 1. The maximum atomic E-state index is 11.7. The molecule has 0 bridgehead atoms. The Labute approximate surface area is 116 Å². The fraction of sp³-hybridized carbons (Fsp3) is 0.333. The summed E-state index contributed by atoms with van der Waals surface area (Å²) >= 11 is 1.81. The first kappa shape index (κ1) is 12.5. The molecule has 1 fully saturated rings. The highest BCUT2D eigenvalue weighted by atomic mass is 32.2. The Balaban J connectivity index is 1.94. The van der Waals surface area contributed by atoms with Gasteiger partial charge in [0.2, 0.25) is 0 Å². The molecule has 98 valence electrons. The van der Waals surface area contributed by atoms with E-state index in [1.54, 1.807) is 6.07 Å². The lowest BCUT2D eigenvalue weighted by Gasteiger charge is -2.04. The van der Waals surface area contributed by atoms with Crippen LogP contribution in [0.5, 0.6) is 0 Å². The normalized spacial score (nSPS) is 14.6. The van der Waals surface area contributed by atoms with Gasteiger partial charge in [-0.15, -0.1) is 11.8 Å². The number of thioether (sulfide) groups is 1. The Morgan fingerprint density at radius 1 is 1.32 bits per heavy atom. The number of H-pyrrole nitrogens is 1. The highest BCUT2D eigenvalue weighted by molar-refractivity contribution is 7.99. The van der Waals surface area contributed by atoms with Crippen molar-refractivity contribution in [2.45, 2.75) is 30.6 Å². The molecule has 0 atom stereocenters. The Morgan fingerprint density at radius 2 is 2.05 bits per heavy atom. The molecule has 1 aliphatic rings. The second kappa shape index (κ2) is 5.21. The monoisotopic (exact) mass is 272 g/mol. The van der Waals surface area contributed by atoms with Crippen molar-refractivity contribution in [3.05, 3.63) is 46.4 Å². The van der Waals surface area contributed by atoms with Crippen molar-refractivity contribution in [3.63, 3.8) is 0 Å². The van der Waals surface area contributed by atoms with E-state index < -0.39 is 0 Å². The maximum absolute atomic E-state index is 11.7. The first-order valence-electron chi connectivity index (χ1n) is 6.61. The Kier molecular flexibility index (Phi) is 3.42. The van der Waals surface area contributed by atoms with Crippen molar-refractivity contribution in [2.75, 3.05) is 5.75 Å². The molecule has 0 saturated heterocycles. The number of hydrogen-bond acceptors (Lipinski definition) is 3. The van der Waals surface area contributed by atoms with Crippen LogP contribution in [0.3, 0.4) is 0 Å². The standard InChI is InChI=1S/C15H16N2OS/c1-2-19-12-7-5-11(6-8-12)15-16-13(10-3-4-10)9-14(18)17-15/h5-10H,2-4H2,1H3,(H,16,17,18). The minimum absolute atomic E-state index is 0.0566. The van der Waals surface area contributed by atoms with Gasteiger partial charge in [-0.2, -0.15) is 0 Å². The van der Waals surface area contributed by atoms with Crippen LogP contribution >= 0.6 is 11.8 Å². The Hall–Kier alpha value is -1.55. The fourth-order valence-electron chi connectivity index (χ4n) is 2.08. The van der Waals surface area contributed by atoms with E-state index in [0.29, 0.717) is 11.7 Å². The van der Waals surface area contributed by atoms with Gasteiger partial charge in [-0.1, -0.05) is 19.1 Å². The van der Waals surface area contributed by atoms with E-state index in [4.69, 9.17) is 0 Å². The summed E-state index contributed by atoms with van der Waals surface area (Å²) in [7, 11) is 0. The zero-order valence-corrected chi connectivity index (χ0v) is 11.7. The van der Waals surface area contributed by atoms with E-state index in [1.807, 2.05) is 23.9 Å². The number of rotatable bonds is 4. The summed E-state index contributed by atoms with van der Waals surface area (Å²) < 4.78 is 0. The van der Waals surface area contributed by atoms with Crippen molar-refractivity contribution in [3.8, 4) is 11.4 Å². The number of benzene rings is 1. The molecule has 3 nitrogen and oxygen atoms in total. The summed E-state index contributed by atoms with van der Waals surface area (Å²) in [5.74, 6) is 2.24. The number of hydrogen-bond donors (Lipinski definition) is 1. The van der Waals surface area contributed by atoms with Crippen molar-refractivity contribution < 1.29 is 0 Å². The van der Waals surface area contributed by atoms with Crippen LogP contribution in [0.25, 0.3) is 11.4 Å². The van der Waals surface area contributed by atoms with E-state index in [-0.39, 0.29) is 5.56 Å². The highest BCUT2D eigenvalue weighted by Gasteiger charge is 2.25. The van der Waals surface area contributed by atoms with E-state index in [9.17, 15) is 4.79 Å². The number of aromatic nitrogens is 2. The lowest BCUT2D eigenvalue weighted by molar-refractivity contribution is 0.976. The Bertz CT molecular complexity index is 629. The van der Waals surface area contributed by atoms with Crippen molar-refractivity contribution in [2.24, 2.45) is 0 Å². The summed E-state index contributed by atoms with van der Waals surface area (Å²) in [5.41, 5.74) is 1.85. The second-order valence-corrected chi connectivity index (χ2v) is 6.09. The van der Waals surface area contributed by atoms with E-state index in [1.165, 1.54) is 4.90 Å². The molecule has 1 heterocycles. The predicted molar refractivity (Wildman–Crippen MR) is 78.7 cm³/mol. The smallest absolute Gasteiger partial charge is 0.251 e. The van der Waals surface area contributed by atoms with Crippen molar-refractivity contribution >= 4 is 11.8 Å². The van der Waals surface area contributed by atoms with Crippen LogP contribution in [-0.2, 0) is 0 Å². The minimum atomic E-state index is -0.0566. The Morgan fingerprint density at radius 3 is 2.68 bits per heavy atom. The van der Waals surface area contributed by atoms with Gasteiger partial charge in [0.05, 0.1) is 5.69 Å². The van der Waals surface area contributed by atoms with Gasteiger partial charge >= 0.3 is 0 Å². The summed E-state index contributed by atoms with van der Waals surface area (Å²) in [5, 5.41) is 0. The summed E-state index contributed by atoms with van der Waals surface area (Å²) in [6.07, 6.45) is 2.31. The zero-order chi connectivity index (χ0) is 13.2. The van der Waals surface area contributed by atoms with Gasteiger partial charge in [0.15, 0.2) is 0 Å². The van der Waals surface area contributed by atoms with Crippen LogP contribution in [0.15, 0.2) is 40.0 Å². The lowest BCUT2D eigenvalue weighted by Crippen LogP contribution is -2.09. The molecule has 1 N–H and O–H groups in total. The average Bonchev–Trinajstić information content (AvgIpc) is 3.23. The molecule has 0 radical (unpaired) electrons. The molecule has 4 heteroatoms. The van der Waals surface area contributed by atoms with E-state index in [2.05, 4.69) is 29.0 Å². The van der Waals surface area contributed by atoms with Gasteiger partial charge in [-0.25, -0.2) is 4.98 Å². The van der Waals surface area contributed by atoms with Crippen LogP contribution in [0, 0.1) is 0 Å². The molecule has 1 aliphatic carbocycles. The first-order valence-corrected chi connectivity index (χ1v) is 7.59. The van der Waals surface area contributed by atoms with Crippen LogP contribution in [0.2, 0.25) is 0 Å². The molecular weight excluding hydrogens is 256 g/mol. The van der Waals surface area contributed by atoms with Crippen molar-refractivity contribution in [1.29, 1.82) is 0 Å². The summed E-state index contributed by atoms with van der Waals surface area (Å²) in [6, 6.07) is 9.82. The topological polar surface area (TPSA) is 45.8 Å². The first-order chi connectivity index (χ1) is 9.26. The minimum Gasteiger partial charge on any atom is -0.307 e. The number of aromatic amines is 1. The molecule has 0 amide bonds. The van der Waals surface area contributed by atoms with E-state index in [0.717, 1.165) is 29.9 Å². The average molecular weight is 272 g/mol. The van der Waals surface area contributed by atoms with Gasteiger partial charge in [0, 0.05) is 22.4 Å². The molecule has 0 spiro atoms. The molecule has 1 saturated carbocycles. The molecule has 0 unspecified atom stereocenters. The molecule has 0 aliphatic heterocycles. The predicted octanol–water partition coefficient (Wildman–Crippen LogP) is 3.43. The van der Waals surface area contributed by atoms with Crippen LogP contribution < -0.4 is 5.56 Å². The summed E-state index contributed by atoms with van der Waals surface area (Å²) in [6.45, 7) is 2.14. The third-order valence-electron chi connectivity index (χ3n) is 3.20. The summed E-state index contributed by atoms with van der Waals surface area (Å²) in [4.78, 5) is 20.3. The van der Waals surface area contributed by atoms with Crippen LogP contribution in [-0.4, -0.2) is 15.7 Å². The van der Waals surface area contributed by atoms with Gasteiger partial charge in [0.1, 0.15) is 5.82 Å². The second-order valence-electron chi connectivity index (χ2n) is 4.75. The molecule has 1 aromatic carbocycles. The molecule has 1 aromatic heterocycles. The highest BCUT2D eigenvalue weighted by Crippen LogP contribution is 2.38. The molecule has 3 rings (SSSR count). The van der Waals surface area contributed by atoms with Gasteiger partial charge in [0.25, 0.3) is 5.56 Å². The van der Waals surface area contributed by atoms with Gasteiger partial charge < -0.3 is 4.98 Å². The van der Waals surface area contributed by atoms with Crippen LogP contribution in [0.1, 0.15) is 31.4 Å². The third-order valence-corrected chi connectivity index (χ3v) is 4.09. The third kappa shape index (κ3) is 2.89.